The van der Waals surface area contributed by atoms with E-state index >= 15 is 0 Å². The Morgan fingerprint density at radius 1 is 1.24 bits per heavy atom. The van der Waals surface area contributed by atoms with E-state index in [2.05, 4.69) is 5.32 Å². The molecule has 0 saturated carbocycles. The molecule has 0 bridgehead atoms. The highest BCUT2D eigenvalue weighted by molar-refractivity contribution is 6.00. The summed E-state index contributed by atoms with van der Waals surface area (Å²) in [5.41, 5.74) is 0.0654. The predicted octanol–water partition coefficient (Wildman–Crippen LogP) is 1.39. The highest BCUT2D eigenvalue weighted by Crippen LogP contribution is 2.30. The van der Waals surface area contributed by atoms with E-state index in [1.54, 1.807) is 0 Å². The zero-order chi connectivity index (χ0) is 18.1. The first-order valence-electron chi connectivity index (χ1n) is 8.12. The van der Waals surface area contributed by atoms with Crippen LogP contribution in [0.1, 0.15) is 36.3 Å². The van der Waals surface area contributed by atoms with Gasteiger partial charge in [-0.2, -0.15) is 0 Å². The number of hydrogen-bond donors (Lipinski definition) is 2. The summed E-state index contributed by atoms with van der Waals surface area (Å²) in [6.07, 6.45) is 0.625. The van der Waals surface area contributed by atoms with Crippen molar-refractivity contribution in [2.24, 2.45) is 5.92 Å². The fourth-order valence-electron chi connectivity index (χ4n) is 3.47. The van der Waals surface area contributed by atoms with Crippen molar-refractivity contribution < 1.29 is 28.3 Å². The average molecular weight is 352 g/mol. The van der Waals surface area contributed by atoms with Gasteiger partial charge in [0.25, 0.3) is 0 Å². The maximum absolute atomic E-state index is 14.4. The number of piperidine rings is 1. The third-order valence-corrected chi connectivity index (χ3v) is 4.75. The normalized spacial score (nSPS) is 24.4. The number of imide groups is 1. The predicted molar refractivity (Wildman–Crippen MR) is 82.5 cm³/mol. The van der Waals surface area contributed by atoms with Gasteiger partial charge in [-0.1, -0.05) is 0 Å². The Morgan fingerprint density at radius 3 is 2.48 bits per heavy atom. The van der Waals surface area contributed by atoms with E-state index in [1.807, 2.05) is 4.90 Å². The van der Waals surface area contributed by atoms with Crippen molar-refractivity contribution in [3.63, 3.8) is 0 Å². The van der Waals surface area contributed by atoms with Crippen LogP contribution >= 0.6 is 0 Å². The number of carboxylic acids is 1. The molecular formula is C17H18F2N2O4. The van der Waals surface area contributed by atoms with Crippen molar-refractivity contribution in [2.45, 2.75) is 31.7 Å². The highest BCUT2D eigenvalue weighted by atomic mass is 19.1. The first-order chi connectivity index (χ1) is 11.8. The third-order valence-electron chi connectivity index (χ3n) is 4.75. The maximum atomic E-state index is 14.4. The van der Waals surface area contributed by atoms with Gasteiger partial charge >= 0.3 is 5.97 Å². The fourth-order valence-corrected chi connectivity index (χ4v) is 3.47. The van der Waals surface area contributed by atoms with E-state index < -0.39 is 41.3 Å². The monoisotopic (exact) mass is 352 g/mol. The molecule has 3 rings (SSSR count). The molecule has 2 saturated heterocycles. The van der Waals surface area contributed by atoms with Crippen LogP contribution in [0.2, 0.25) is 0 Å². The molecule has 1 aromatic carbocycles. The van der Waals surface area contributed by atoms with Gasteiger partial charge in [-0.15, -0.1) is 0 Å². The first kappa shape index (κ1) is 17.5. The van der Waals surface area contributed by atoms with Gasteiger partial charge in [0.1, 0.15) is 11.6 Å². The number of carboxylic acid groups (broad SMARTS) is 1. The van der Waals surface area contributed by atoms with Crippen molar-refractivity contribution in [3.8, 4) is 0 Å². The Bertz CT molecular complexity index is 714. The molecule has 0 aliphatic carbocycles. The van der Waals surface area contributed by atoms with E-state index in [1.165, 1.54) is 12.1 Å². The summed E-state index contributed by atoms with van der Waals surface area (Å²) in [5.74, 6) is -5.12. The van der Waals surface area contributed by atoms with Gasteiger partial charge in [-0.05, 0) is 37.1 Å². The number of halogens is 2. The van der Waals surface area contributed by atoms with Gasteiger partial charge in [0, 0.05) is 25.1 Å². The standard InChI is InChI=1S/C17H18F2N2O4/c18-12-5-9(7-21-4-3-10(8-21)17(24)25)6-13(19)15(12)11-1-2-14(22)20-16(11)23/h5-6,10-11H,1-4,7-8H2,(H,24,25)(H,20,22,23)/t10-,11+/m1/s1. The molecule has 2 N–H and O–H groups in total. The zero-order valence-electron chi connectivity index (χ0n) is 13.4. The lowest BCUT2D eigenvalue weighted by molar-refractivity contribution is -0.141. The largest absolute Gasteiger partial charge is 0.481 e. The van der Waals surface area contributed by atoms with E-state index in [0.717, 1.165) is 0 Å². The van der Waals surface area contributed by atoms with E-state index in [4.69, 9.17) is 5.11 Å². The van der Waals surface area contributed by atoms with E-state index in [9.17, 15) is 23.2 Å². The number of rotatable bonds is 4. The maximum Gasteiger partial charge on any atom is 0.307 e. The summed E-state index contributed by atoms with van der Waals surface area (Å²) in [7, 11) is 0. The van der Waals surface area contributed by atoms with Crippen LogP contribution in [0.25, 0.3) is 0 Å². The summed E-state index contributed by atoms with van der Waals surface area (Å²) in [5, 5.41) is 11.1. The van der Waals surface area contributed by atoms with Crippen molar-refractivity contribution in [1.29, 1.82) is 0 Å². The number of benzene rings is 1. The van der Waals surface area contributed by atoms with Crippen molar-refractivity contribution >= 4 is 17.8 Å². The molecule has 2 aliphatic rings. The Hall–Kier alpha value is -2.35. The Morgan fingerprint density at radius 2 is 1.92 bits per heavy atom. The molecule has 0 radical (unpaired) electrons. The lowest BCUT2D eigenvalue weighted by atomic mass is 9.89. The highest BCUT2D eigenvalue weighted by Gasteiger charge is 2.33. The summed E-state index contributed by atoms with van der Waals surface area (Å²) in [4.78, 5) is 35.8. The fraction of sp³-hybridized carbons (Fsp3) is 0.471. The van der Waals surface area contributed by atoms with Crippen LogP contribution in [0, 0.1) is 17.6 Å². The molecule has 2 aliphatic heterocycles. The van der Waals surface area contributed by atoms with Gasteiger partial charge in [0.2, 0.25) is 11.8 Å². The van der Waals surface area contributed by atoms with Crippen LogP contribution in [0.4, 0.5) is 8.78 Å². The quantitative estimate of drug-likeness (QED) is 0.800. The molecule has 134 valence electrons. The molecule has 0 spiro atoms. The smallest absolute Gasteiger partial charge is 0.307 e. The van der Waals surface area contributed by atoms with Crippen LogP contribution < -0.4 is 5.32 Å². The minimum Gasteiger partial charge on any atom is -0.481 e. The van der Waals surface area contributed by atoms with Gasteiger partial charge < -0.3 is 5.11 Å². The van der Waals surface area contributed by atoms with Crippen molar-refractivity contribution in [3.05, 3.63) is 34.9 Å². The number of amides is 2. The number of nitrogens with one attached hydrogen (secondary N) is 1. The van der Waals surface area contributed by atoms with Gasteiger partial charge in [0.05, 0.1) is 11.8 Å². The third kappa shape index (κ3) is 3.68. The number of aliphatic carboxylic acids is 1. The van der Waals surface area contributed by atoms with Crippen LogP contribution in [-0.2, 0) is 20.9 Å². The Kier molecular flexibility index (Phi) is 4.80. The van der Waals surface area contributed by atoms with Gasteiger partial charge in [-0.3, -0.25) is 24.6 Å². The molecular weight excluding hydrogens is 334 g/mol. The molecule has 2 heterocycles. The molecule has 1 aromatic rings. The van der Waals surface area contributed by atoms with Crippen molar-refractivity contribution in [1.82, 2.24) is 10.2 Å². The van der Waals surface area contributed by atoms with Crippen LogP contribution in [-0.4, -0.2) is 40.9 Å². The number of likely N-dealkylation sites (tertiary alicyclic amines) is 1. The van der Waals surface area contributed by atoms with Crippen LogP contribution in [0.5, 0.6) is 0 Å². The van der Waals surface area contributed by atoms with Crippen molar-refractivity contribution in [2.75, 3.05) is 13.1 Å². The molecule has 0 aromatic heterocycles. The minimum atomic E-state index is -1.02. The van der Waals surface area contributed by atoms with Gasteiger partial charge in [-0.25, -0.2) is 8.78 Å². The summed E-state index contributed by atoms with van der Waals surface area (Å²) >= 11 is 0. The van der Waals surface area contributed by atoms with Crippen LogP contribution in [0.3, 0.4) is 0 Å². The van der Waals surface area contributed by atoms with Gasteiger partial charge in [0.15, 0.2) is 0 Å². The Balaban J connectivity index is 1.76. The second-order valence-electron chi connectivity index (χ2n) is 6.54. The molecule has 6 nitrogen and oxygen atoms in total. The molecule has 8 heteroatoms. The first-order valence-corrected chi connectivity index (χ1v) is 8.12. The summed E-state index contributed by atoms with van der Waals surface area (Å²) in [6.45, 7) is 1.13. The lowest BCUT2D eigenvalue weighted by Gasteiger charge is -2.23. The number of carbonyl (C=O) groups is 3. The zero-order valence-corrected chi connectivity index (χ0v) is 13.4. The second kappa shape index (κ2) is 6.87. The SMILES string of the molecule is O=C1CC[C@@H](c2c(F)cc(CN3CC[C@@H](C(=O)O)C3)cc2F)C(=O)N1. The summed E-state index contributed by atoms with van der Waals surface area (Å²) < 4.78 is 28.9. The number of carbonyl (C=O) groups excluding carboxylic acids is 2. The van der Waals surface area contributed by atoms with E-state index in [-0.39, 0.29) is 24.9 Å². The van der Waals surface area contributed by atoms with E-state index in [0.29, 0.717) is 25.1 Å². The lowest BCUT2D eigenvalue weighted by Crippen LogP contribution is -2.40. The average Bonchev–Trinajstić information content (AvgIpc) is 2.97. The minimum absolute atomic E-state index is 0.0430. The van der Waals surface area contributed by atoms with Crippen LogP contribution in [0.15, 0.2) is 12.1 Å². The molecule has 0 unspecified atom stereocenters. The summed E-state index contributed by atoms with van der Waals surface area (Å²) in [6, 6.07) is 2.35. The molecule has 2 fully saturated rings. The number of nitrogens with zero attached hydrogens (tertiary/aromatic N) is 1. The number of hydrogen-bond acceptors (Lipinski definition) is 4. The molecule has 25 heavy (non-hydrogen) atoms. The Labute approximate surface area is 142 Å². The molecule has 2 atom stereocenters. The topological polar surface area (TPSA) is 86.7 Å². The molecule has 2 amide bonds. The second-order valence-corrected chi connectivity index (χ2v) is 6.54.